The zero-order valence-corrected chi connectivity index (χ0v) is 10.5. The van der Waals surface area contributed by atoms with E-state index in [1.54, 1.807) is 12.4 Å². The molecule has 2 rings (SSSR count). The smallest absolute Gasteiger partial charge is 0.176 e. The van der Waals surface area contributed by atoms with E-state index in [0.717, 1.165) is 37.6 Å². The van der Waals surface area contributed by atoms with Crippen LogP contribution in [0, 0.1) is 0 Å². The maximum Gasteiger partial charge on any atom is 0.176 e. The summed E-state index contributed by atoms with van der Waals surface area (Å²) in [6.07, 6.45) is 9.40. The van der Waals surface area contributed by atoms with Gasteiger partial charge in [0, 0.05) is 37.9 Å². The van der Waals surface area contributed by atoms with E-state index in [1.807, 2.05) is 12.4 Å². The van der Waals surface area contributed by atoms with Gasteiger partial charge in [0.1, 0.15) is 0 Å². The molecule has 0 aliphatic rings. The molecule has 6 heteroatoms. The van der Waals surface area contributed by atoms with Gasteiger partial charge in [0.2, 0.25) is 0 Å². The van der Waals surface area contributed by atoms with Crippen LogP contribution >= 0.6 is 0 Å². The number of nitrogens with two attached hydrogens (primary N) is 2. The molecule has 0 unspecified atom stereocenters. The molecule has 2 aromatic rings. The molecule has 2 aromatic heterocycles. The standard InChI is InChI=1S/C12H20N6/c13-3-1-7-17-9-5-15-11(17)12-16-6-10-18(12)8-2-4-14/h5-6,9-10H,1-4,7-8,13-14H2. The SMILES string of the molecule is NCCCn1ccnc1-c1nccn1CCCN. The fraction of sp³-hybridized carbons (Fsp3) is 0.500. The predicted molar refractivity (Wildman–Crippen MR) is 70.8 cm³/mol. The lowest BCUT2D eigenvalue weighted by molar-refractivity contribution is 0.630. The second-order valence-corrected chi connectivity index (χ2v) is 4.17. The van der Waals surface area contributed by atoms with Crippen LogP contribution in [0.3, 0.4) is 0 Å². The molecule has 0 atom stereocenters. The van der Waals surface area contributed by atoms with Gasteiger partial charge < -0.3 is 20.6 Å². The van der Waals surface area contributed by atoms with E-state index in [1.165, 1.54) is 0 Å². The summed E-state index contributed by atoms with van der Waals surface area (Å²) in [7, 11) is 0. The van der Waals surface area contributed by atoms with Crippen LogP contribution in [0.5, 0.6) is 0 Å². The molecule has 0 saturated heterocycles. The highest BCUT2D eigenvalue weighted by Crippen LogP contribution is 2.16. The average Bonchev–Trinajstić information content (AvgIpc) is 3.01. The Hall–Kier alpha value is -1.66. The Morgan fingerprint density at radius 3 is 1.67 bits per heavy atom. The second-order valence-electron chi connectivity index (χ2n) is 4.17. The summed E-state index contributed by atoms with van der Waals surface area (Å²) < 4.78 is 4.18. The Morgan fingerprint density at radius 2 is 1.28 bits per heavy atom. The first-order valence-electron chi connectivity index (χ1n) is 6.29. The molecule has 0 radical (unpaired) electrons. The summed E-state index contributed by atoms with van der Waals surface area (Å²) >= 11 is 0. The van der Waals surface area contributed by atoms with Crippen molar-refractivity contribution >= 4 is 0 Å². The van der Waals surface area contributed by atoms with Crippen molar-refractivity contribution in [2.24, 2.45) is 11.5 Å². The summed E-state index contributed by atoms with van der Waals surface area (Å²) in [6, 6.07) is 0. The van der Waals surface area contributed by atoms with Gasteiger partial charge in [-0.1, -0.05) is 0 Å². The van der Waals surface area contributed by atoms with Crippen LogP contribution in [0.2, 0.25) is 0 Å². The number of hydrogen-bond donors (Lipinski definition) is 2. The van der Waals surface area contributed by atoms with Crippen LogP contribution in [0.25, 0.3) is 11.6 Å². The van der Waals surface area contributed by atoms with E-state index in [4.69, 9.17) is 11.5 Å². The minimum atomic E-state index is 0.680. The van der Waals surface area contributed by atoms with E-state index < -0.39 is 0 Å². The second kappa shape index (κ2) is 6.32. The molecule has 0 spiro atoms. The Bertz CT molecular complexity index is 428. The summed E-state index contributed by atoms with van der Waals surface area (Å²) in [5, 5.41) is 0. The van der Waals surface area contributed by atoms with Gasteiger partial charge >= 0.3 is 0 Å². The molecule has 18 heavy (non-hydrogen) atoms. The number of rotatable bonds is 7. The Labute approximate surface area is 107 Å². The van der Waals surface area contributed by atoms with Crippen molar-refractivity contribution in [3.05, 3.63) is 24.8 Å². The summed E-state index contributed by atoms with van der Waals surface area (Å²) in [4.78, 5) is 8.78. The van der Waals surface area contributed by atoms with E-state index in [0.29, 0.717) is 13.1 Å². The van der Waals surface area contributed by atoms with Crippen molar-refractivity contribution in [2.75, 3.05) is 13.1 Å². The van der Waals surface area contributed by atoms with Gasteiger partial charge in [-0.3, -0.25) is 0 Å². The van der Waals surface area contributed by atoms with Crippen molar-refractivity contribution < 1.29 is 0 Å². The minimum absolute atomic E-state index is 0.680. The highest BCUT2D eigenvalue weighted by molar-refractivity contribution is 5.44. The molecule has 0 fully saturated rings. The van der Waals surface area contributed by atoms with Crippen LogP contribution in [-0.4, -0.2) is 32.2 Å². The monoisotopic (exact) mass is 248 g/mol. The lowest BCUT2D eigenvalue weighted by Gasteiger charge is -2.09. The molecule has 0 aliphatic carbocycles. The van der Waals surface area contributed by atoms with Crippen LogP contribution in [0.15, 0.2) is 24.8 Å². The minimum Gasteiger partial charge on any atom is -0.330 e. The largest absolute Gasteiger partial charge is 0.330 e. The van der Waals surface area contributed by atoms with Gasteiger partial charge in [0.05, 0.1) is 0 Å². The van der Waals surface area contributed by atoms with Crippen molar-refractivity contribution in [3.63, 3.8) is 0 Å². The first-order chi connectivity index (χ1) is 8.86. The summed E-state index contributed by atoms with van der Waals surface area (Å²) in [5.41, 5.74) is 11.1. The van der Waals surface area contributed by atoms with E-state index in [9.17, 15) is 0 Å². The normalized spacial score (nSPS) is 11.0. The highest BCUT2D eigenvalue weighted by atomic mass is 15.2. The molecule has 0 amide bonds. The zero-order valence-electron chi connectivity index (χ0n) is 10.5. The molecule has 0 bridgehead atoms. The highest BCUT2D eigenvalue weighted by Gasteiger charge is 2.11. The number of hydrogen-bond acceptors (Lipinski definition) is 4. The van der Waals surface area contributed by atoms with E-state index >= 15 is 0 Å². The maximum atomic E-state index is 5.54. The molecule has 0 aliphatic heterocycles. The van der Waals surface area contributed by atoms with Crippen molar-refractivity contribution in [2.45, 2.75) is 25.9 Å². The van der Waals surface area contributed by atoms with Gasteiger partial charge in [-0.25, -0.2) is 9.97 Å². The van der Waals surface area contributed by atoms with Crippen molar-refractivity contribution in [1.82, 2.24) is 19.1 Å². The fourth-order valence-corrected chi connectivity index (χ4v) is 1.91. The summed E-state index contributed by atoms with van der Waals surface area (Å²) in [6.45, 7) is 3.10. The third-order valence-electron chi connectivity index (χ3n) is 2.84. The van der Waals surface area contributed by atoms with Gasteiger partial charge in [-0.05, 0) is 25.9 Å². The topological polar surface area (TPSA) is 87.7 Å². The molecule has 0 saturated carbocycles. The van der Waals surface area contributed by atoms with Crippen LogP contribution < -0.4 is 11.5 Å². The molecule has 4 N–H and O–H groups in total. The van der Waals surface area contributed by atoms with Crippen LogP contribution in [0.1, 0.15) is 12.8 Å². The van der Waals surface area contributed by atoms with E-state index in [-0.39, 0.29) is 0 Å². The van der Waals surface area contributed by atoms with Gasteiger partial charge in [0.15, 0.2) is 11.6 Å². The summed E-state index contributed by atoms with van der Waals surface area (Å²) in [5.74, 6) is 1.79. The first kappa shape index (κ1) is 12.8. The first-order valence-corrected chi connectivity index (χ1v) is 6.29. The number of aryl methyl sites for hydroxylation is 2. The quantitative estimate of drug-likeness (QED) is 0.744. The third kappa shape index (κ3) is 2.77. The number of imidazole rings is 2. The van der Waals surface area contributed by atoms with E-state index in [2.05, 4.69) is 19.1 Å². The Morgan fingerprint density at radius 1 is 0.833 bits per heavy atom. The predicted octanol–water partition coefficient (Wildman–Crippen LogP) is 0.444. The van der Waals surface area contributed by atoms with Crippen LogP contribution in [-0.2, 0) is 13.1 Å². The Kier molecular flexibility index (Phi) is 4.49. The number of nitrogens with zero attached hydrogens (tertiary/aromatic N) is 4. The molecule has 98 valence electrons. The third-order valence-corrected chi connectivity index (χ3v) is 2.84. The molecular formula is C12H20N6. The lowest BCUT2D eigenvalue weighted by atomic mass is 10.4. The molecule has 6 nitrogen and oxygen atoms in total. The lowest BCUT2D eigenvalue weighted by Crippen LogP contribution is -2.10. The molecule has 0 aromatic carbocycles. The average molecular weight is 248 g/mol. The van der Waals surface area contributed by atoms with Crippen molar-refractivity contribution in [3.8, 4) is 11.6 Å². The maximum absolute atomic E-state index is 5.54. The zero-order chi connectivity index (χ0) is 12.8. The molecular weight excluding hydrogens is 228 g/mol. The van der Waals surface area contributed by atoms with Gasteiger partial charge in [-0.15, -0.1) is 0 Å². The van der Waals surface area contributed by atoms with Crippen LogP contribution in [0.4, 0.5) is 0 Å². The van der Waals surface area contributed by atoms with Crippen molar-refractivity contribution in [1.29, 1.82) is 0 Å². The molecule has 2 heterocycles. The van der Waals surface area contributed by atoms with Gasteiger partial charge in [-0.2, -0.15) is 0 Å². The van der Waals surface area contributed by atoms with Gasteiger partial charge in [0.25, 0.3) is 0 Å². The number of aromatic nitrogens is 4. The fourth-order valence-electron chi connectivity index (χ4n) is 1.91. The Balaban J connectivity index is 2.20.